The Kier molecular flexibility index (Phi) is 7.04. The summed E-state index contributed by atoms with van der Waals surface area (Å²) in [5.41, 5.74) is 6.91. The van der Waals surface area contributed by atoms with Crippen molar-refractivity contribution < 1.29 is 9.47 Å². The fourth-order valence-corrected chi connectivity index (χ4v) is 3.03. The van der Waals surface area contributed by atoms with Gasteiger partial charge in [0, 0.05) is 13.7 Å². The fraction of sp³-hybridized carbons (Fsp3) is 0.667. The molecule has 0 bridgehead atoms. The molecule has 0 spiro atoms. The van der Waals surface area contributed by atoms with E-state index >= 15 is 0 Å². The van der Waals surface area contributed by atoms with Crippen LogP contribution < -0.4 is 10.5 Å². The van der Waals surface area contributed by atoms with Crippen LogP contribution in [0.1, 0.15) is 44.1 Å². The van der Waals surface area contributed by atoms with Crippen molar-refractivity contribution in [3.8, 4) is 5.75 Å². The van der Waals surface area contributed by atoms with Gasteiger partial charge < -0.3 is 15.2 Å². The molecule has 2 N–H and O–H groups in total. The van der Waals surface area contributed by atoms with Crippen LogP contribution in [-0.4, -0.2) is 26.4 Å². The van der Waals surface area contributed by atoms with Gasteiger partial charge in [-0.25, -0.2) is 0 Å². The highest BCUT2D eigenvalue weighted by molar-refractivity contribution is 5.29. The molecule has 118 valence electrons. The van der Waals surface area contributed by atoms with Crippen LogP contribution in [0.3, 0.4) is 0 Å². The highest BCUT2D eigenvalue weighted by Crippen LogP contribution is 2.24. The fourth-order valence-electron chi connectivity index (χ4n) is 3.03. The van der Waals surface area contributed by atoms with Crippen molar-refractivity contribution in [2.45, 2.75) is 51.0 Å². The summed E-state index contributed by atoms with van der Waals surface area (Å²) in [5.74, 6) is 1.70. The zero-order valence-electron chi connectivity index (χ0n) is 13.2. The lowest BCUT2D eigenvalue weighted by atomic mass is 10.0. The summed E-state index contributed by atoms with van der Waals surface area (Å²) in [4.78, 5) is 0. The minimum Gasteiger partial charge on any atom is -0.493 e. The monoisotopic (exact) mass is 291 g/mol. The molecule has 1 aromatic rings. The number of benzene rings is 1. The van der Waals surface area contributed by atoms with E-state index in [-0.39, 0.29) is 6.10 Å². The minimum atomic E-state index is 0.0853. The molecule has 3 heteroatoms. The van der Waals surface area contributed by atoms with Gasteiger partial charge in [-0.3, -0.25) is 0 Å². The van der Waals surface area contributed by atoms with Crippen molar-refractivity contribution >= 4 is 0 Å². The van der Waals surface area contributed by atoms with Gasteiger partial charge in [-0.2, -0.15) is 0 Å². The van der Waals surface area contributed by atoms with Crippen LogP contribution in [0.25, 0.3) is 0 Å². The summed E-state index contributed by atoms with van der Waals surface area (Å²) >= 11 is 0. The van der Waals surface area contributed by atoms with Gasteiger partial charge in [-0.05, 0) is 42.9 Å². The SMILES string of the molecule is COC(CN)Cc1cccc(OCC2CCCCCC2)c1. The number of ether oxygens (including phenoxy) is 2. The molecule has 0 aromatic heterocycles. The maximum atomic E-state index is 6.02. The first-order valence-electron chi connectivity index (χ1n) is 8.26. The Hall–Kier alpha value is -1.06. The van der Waals surface area contributed by atoms with Gasteiger partial charge in [0.15, 0.2) is 0 Å². The summed E-state index contributed by atoms with van der Waals surface area (Å²) in [5, 5.41) is 0. The Bertz CT molecular complexity index is 396. The van der Waals surface area contributed by atoms with Crippen molar-refractivity contribution in [3.63, 3.8) is 0 Å². The van der Waals surface area contributed by atoms with Crippen LogP contribution in [0.5, 0.6) is 5.75 Å². The van der Waals surface area contributed by atoms with Gasteiger partial charge in [0.1, 0.15) is 5.75 Å². The van der Waals surface area contributed by atoms with Crippen LogP contribution in [0.4, 0.5) is 0 Å². The summed E-state index contributed by atoms with van der Waals surface area (Å²) in [6, 6.07) is 8.34. The normalized spacial score (nSPS) is 18.2. The lowest BCUT2D eigenvalue weighted by molar-refractivity contribution is 0.110. The third-order valence-electron chi connectivity index (χ3n) is 4.42. The van der Waals surface area contributed by atoms with E-state index in [1.807, 2.05) is 6.07 Å². The highest BCUT2D eigenvalue weighted by Gasteiger charge is 2.13. The van der Waals surface area contributed by atoms with E-state index in [2.05, 4.69) is 18.2 Å². The van der Waals surface area contributed by atoms with Gasteiger partial charge in [-0.1, -0.05) is 37.8 Å². The highest BCUT2D eigenvalue weighted by atomic mass is 16.5. The second-order valence-corrected chi connectivity index (χ2v) is 6.11. The Morgan fingerprint density at radius 2 is 1.95 bits per heavy atom. The number of methoxy groups -OCH3 is 1. The molecule has 0 amide bonds. The molecule has 1 aromatic carbocycles. The first kappa shape index (κ1) is 16.3. The van der Waals surface area contributed by atoms with E-state index in [9.17, 15) is 0 Å². The van der Waals surface area contributed by atoms with Crippen molar-refractivity contribution in [3.05, 3.63) is 29.8 Å². The van der Waals surface area contributed by atoms with E-state index in [1.165, 1.54) is 44.1 Å². The maximum absolute atomic E-state index is 6.02. The molecule has 1 aliphatic rings. The van der Waals surface area contributed by atoms with Crippen LogP contribution >= 0.6 is 0 Å². The van der Waals surface area contributed by atoms with Crippen LogP contribution in [-0.2, 0) is 11.2 Å². The third kappa shape index (κ3) is 5.68. The second-order valence-electron chi connectivity index (χ2n) is 6.11. The maximum Gasteiger partial charge on any atom is 0.119 e. The topological polar surface area (TPSA) is 44.5 Å². The lowest BCUT2D eigenvalue weighted by Gasteiger charge is -2.16. The molecule has 1 aliphatic carbocycles. The Balaban J connectivity index is 1.85. The largest absolute Gasteiger partial charge is 0.493 e. The van der Waals surface area contributed by atoms with Gasteiger partial charge in [-0.15, -0.1) is 0 Å². The first-order valence-corrected chi connectivity index (χ1v) is 8.26. The number of nitrogens with two attached hydrogens (primary N) is 1. The second kappa shape index (κ2) is 9.06. The van der Waals surface area contributed by atoms with Crippen molar-refractivity contribution in [1.29, 1.82) is 0 Å². The van der Waals surface area contributed by atoms with E-state index in [0.717, 1.165) is 24.7 Å². The molecule has 3 nitrogen and oxygen atoms in total. The number of hydrogen-bond acceptors (Lipinski definition) is 3. The standard InChI is InChI=1S/C18H29NO2/c1-20-18(13-19)12-16-9-6-10-17(11-16)21-14-15-7-4-2-3-5-8-15/h6,9-11,15,18H,2-5,7-8,12-14,19H2,1H3. The third-order valence-corrected chi connectivity index (χ3v) is 4.42. The van der Waals surface area contributed by atoms with Gasteiger partial charge >= 0.3 is 0 Å². The zero-order valence-corrected chi connectivity index (χ0v) is 13.2. The number of hydrogen-bond donors (Lipinski definition) is 1. The molecule has 0 radical (unpaired) electrons. The summed E-state index contributed by atoms with van der Waals surface area (Å²) in [7, 11) is 1.71. The van der Waals surface area contributed by atoms with Crippen molar-refractivity contribution in [1.82, 2.24) is 0 Å². The molecule has 1 fully saturated rings. The average Bonchev–Trinajstić information content (AvgIpc) is 2.80. The molecular formula is C18H29NO2. The molecule has 21 heavy (non-hydrogen) atoms. The summed E-state index contributed by atoms with van der Waals surface area (Å²) in [6.07, 6.45) is 9.07. The first-order chi connectivity index (χ1) is 10.3. The van der Waals surface area contributed by atoms with Crippen molar-refractivity contribution in [2.24, 2.45) is 11.7 Å². The predicted molar refractivity (Wildman–Crippen MR) is 86.7 cm³/mol. The van der Waals surface area contributed by atoms with E-state index in [4.69, 9.17) is 15.2 Å². The Morgan fingerprint density at radius 1 is 1.19 bits per heavy atom. The van der Waals surface area contributed by atoms with E-state index in [0.29, 0.717) is 6.54 Å². The Morgan fingerprint density at radius 3 is 2.62 bits per heavy atom. The Labute approximate surface area is 128 Å². The lowest BCUT2D eigenvalue weighted by Crippen LogP contribution is -2.24. The number of rotatable bonds is 7. The van der Waals surface area contributed by atoms with Gasteiger partial charge in [0.05, 0.1) is 12.7 Å². The average molecular weight is 291 g/mol. The minimum absolute atomic E-state index is 0.0853. The molecule has 2 rings (SSSR count). The molecule has 1 unspecified atom stereocenters. The van der Waals surface area contributed by atoms with Crippen LogP contribution in [0.2, 0.25) is 0 Å². The van der Waals surface area contributed by atoms with E-state index in [1.54, 1.807) is 7.11 Å². The molecular weight excluding hydrogens is 262 g/mol. The van der Waals surface area contributed by atoms with Gasteiger partial charge in [0.2, 0.25) is 0 Å². The predicted octanol–water partition coefficient (Wildman–Crippen LogP) is 3.55. The van der Waals surface area contributed by atoms with Gasteiger partial charge in [0.25, 0.3) is 0 Å². The summed E-state index contributed by atoms with van der Waals surface area (Å²) in [6.45, 7) is 1.40. The molecule has 1 saturated carbocycles. The smallest absolute Gasteiger partial charge is 0.119 e. The van der Waals surface area contributed by atoms with E-state index < -0.39 is 0 Å². The molecule has 1 atom stereocenters. The molecule has 0 saturated heterocycles. The molecule has 0 heterocycles. The van der Waals surface area contributed by atoms with Crippen LogP contribution in [0.15, 0.2) is 24.3 Å². The quantitative estimate of drug-likeness (QED) is 0.781. The zero-order chi connectivity index (χ0) is 14.9. The van der Waals surface area contributed by atoms with Crippen LogP contribution in [0, 0.1) is 5.92 Å². The molecule has 0 aliphatic heterocycles. The summed E-state index contributed by atoms with van der Waals surface area (Å²) < 4.78 is 11.4. The van der Waals surface area contributed by atoms with Crippen molar-refractivity contribution in [2.75, 3.05) is 20.3 Å².